The number of ether oxygens (including phenoxy) is 1. The summed E-state index contributed by atoms with van der Waals surface area (Å²) in [4.78, 5) is 26.7. The average molecular weight is 463 g/mol. The first-order valence-electron chi connectivity index (χ1n) is 10.7. The van der Waals surface area contributed by atoms with Gasteiger partial charge < -0.3 is 15.0 Å². The number of likely N-dealkylation sites (N-methyl/N-ethyl adjacent to an activating group) is 1. The predicted octanol–water partition coefficient (Wildman–Crippen LogP) is 5.73. The van der Waals surface area contributed by atoms with Crippen LogP contribution < -0.4 is 10.1 Å². The highest BCUT2D eigenvalue weighted by Gasteiger charge is 2.18. The lowest BCUT2D eigenvalue weighted by Gasteiger charge is -2.21. The van der Waals surface area contributed by atoms with Gasteiger partial charge in [0.15, 0.2) is 0 Å². The highest BCUT2D eigenvalue weighted by atomic mass is 35.5. The van der Waals surface area contributed by atoms with Gasteiger partial charge in [-0.3, -0.25) is 9.59 Å². The van der Waals surface area contributed by atoms with Crippen molar-refractivity contribution in [2.75, 3.05) is 18.4 Å². The Morgan fingerprint density at radius 1 is 1.10 bits per heavy atom. The van der Waals surface area contributed by atoms with E-state index in [2.05, 4.69) is 5.32 Å². The van der Waals surface area contributed by atoms with Gasteiger partial charge in [0.05, 0.1) is 28.4 Å². The van der Waals surface area contributed by atoms with E-state index in [1.54, 1.807) is 18.2 Å². The maximum atomic E-state index is 12.7. The number of nitrogens with zero attached hydrogens (tertiary/aromatic N) is 1. The number of benzene rings is 2. The van der Waals surface area contributed by atoms with Crippen LogP contribution >= 0.6 is 23.2 Å². The van der Waals surface area contributed by atoms with Crippen LogP contribution in [0.3, 0.4) is 0 Å². The topological polar surface area (TPSA) is 58.6 Å². The molecule has 2 aromatic rings. The zero-order valence-electron chi connectivity index (χ0n) is 17.7. The number of rotatable bonds is 9. The summed E-state index contributed by atoms with van der Waals surface area (Å²) in [5.41, 5.74) is 1.41. The van der Waals surface area contributed by atoms with E-state index < -0.39 is 0 Å². The molecule has 3 rings (SSSR count). The molecular weight excluding hydrogens is 435 g/mol. The Hall–Kier alpha value is -2.24. The summed E-state index contributed by atoms with van der Waals surface area (Å²) < 4.78 is 6.05. The first-order chi connectivity index (χ1) is 15.0. The van der Waals surface area contributed by atoms with Gasteiger partial charge in [0, 0.05) is 13.0 Å². The monoisotopic (exact) mass is 462 g/mol. The standard InChI is InChI=1S/C24H28Cl2N2O3/c1-2-28(16-22(29)27-24-20(25)11-6-12-21(24)26)23(30)14-13-17-7-5-10-19(15-17)31-18-8-3-4-9-18/h5-7,10-12,15,18H,2-4,8-9,13-14,16H2,1H3,(H,27,29). The molecular formula is C24H28Cl2N2O3. The van der Waals surface area contributed by atoms with Gasteiger partial charge in [-0.1, -0.05) is 41.4 Å². The molecule has 2 aromatic carbocycles. The third-order valence-corrected chi connectivity index (χ3v) is 6.06. The van der Waals surface area contributed by atoms with Gasteiger partial charge in [-0.2, -0.15) is 0 Å². The number of hydrogen-bond acceptors (Lipinski definition) is 3. The predicted molar refractivity (Wildman–Crippen MR) is 125 cm³/mol. The molecule has 7 heteroatoms. The molecule has 0 spiro atoms. The zero-order chi connectivity index (χ0) is 22.2. The van der Waals surface area contributed by atoms with Crippen molar-refractivity contribution in [1.82, 2.24) is 4.90 Å². The quantitative estimate of drug-likeness (QED) is 0.517. The summed E-state index contributed by atoms with van der Waals surface area (Å²) in [6.45, 7) is 2.23. The van der Waals surface area contributed by atoms with E-state index in [9.17, 15) is 9.59 Å². The molecule has 1 aliphatic carbocycles. The van der Waals surface area contributed by atoms with Crippen LogP contribution in [0.5, 0.6) is 5.75 Å². The number of carbonyl (C=O) groups is 2. The molecule has 0 aromatic heterocycles. The van der Waals surface area contributed by atoms with E-state index in [4.69, 9.17) is 27.9 Å². The number of aryl methyl sites for hydroxylation is 1. The van der Waals surface area contributed by atoms with Crippen LogP contribution in [0.15, 0.2) is 42.5 Å². The van der Waals surface area contributed by atoms with Gasteiger partial charge in [0.1, 0.15) is 5.75 Å². The molecule has 0 atom stereocenters. The van der Waals surface area contributed by atoms with Crippen LogP contribution in [0.2, 0.25) is 10.0 Å². The molecule has 0 unspecified atom stereocenters. The minimum Gasteiger partial charge on any atom is -0.490 e. The molecule has 2 amide bonds. The highest BCUT2D eigenvalue weighted by molar-refractivity contribution is 6.39. The van der Waals surface area contributed by atoms with Crippen LogP contribution in [0.4, 0.5) is 5.69 Å². The Morgan fingerprint density at radius 3 is 2.45 bits per heavy atom. The van der Waals surface area contributed by atoms with Gasteiger partial charge in [-0.05, 0) is 68.9 Å². The molecule has 1 aliphatic rings. The minimum atomic E-state index is -0.336. The van der Waals surface area contributed by atoms with Crippen LogP contribution in [0.25, 0.3) is 0 Å². The average Bonchev–Trinajstić information content (AvgIpc) is 3.26. The van der Waals surface area contributed by atoms with Gasteiger partial charge >= 0.3 is 0 Å². The lowest BCUT2D eigenvalue weighted by molar-refractivity contribution is -0.134. The molecule has 5 nitrogen and oxygen atoms in total. The van der Waals surface area contributed by atoms with Crippen molar-refractivity contribution < 1.29 is 14.3 Å². The number of nitrogens with one attached hydrogen (secondary N) is 1. The molecule has 0 saturated heterocycles. The minimum absolute atomic E-state index is 0.0539. The fourth-order valence-corrected chi connectivity index (χ4v) is 4.22. The molecule has 0 aliphatic heterocycles. The van der Waals surface area contributed by atoms with Crippen LogP contribution in [-0.4, -0.2) is 35.9 Å². The lowest BCUT2D eigenvalue weighted by atomic mass is 10.1. The number of hydrogen-bond donors (Lipinski definition) is 1. The molecule has 1 fully saturated rings. The lowest BCUT2D eigenvalue weighted by Crippen LogP contribution is -2.38. The fourth-order valence-electron chi connectivity index (χ4n) is 3.73. The summed E-state index contributed by atoms with van der Waals surface area (Å²) >= 11 is 12.2. The maximum absolute atomic E-state index is 12.7. The van der Waals surface area contributed by atoms with Gasteiger partial charge in [-0.15, -0.1) is 0 Å². The Bertz CT molecular complexity index is 893. The Labute approximate surface area is 193 Å². The van der Waals surface area contributed by atoms with E-state index in [0.717, 1.165) is 24.2 Å². The Morgan fingerprint density at radius 2 is 1.77 bits per heavy atom. The van der Waals surface area contributed by atoms with Crippen molar-refractivity contribution in [2.45, 2.75) is 51.6 Å². The van der Waals surface area contributed by atoms with Crippen molar-refractivity contribution in [3.8, 4) is 5.75 Å². The molecule has 0 bridgehead atoms. The Kier molecular flexibility index (Phi) is 8.61. The summed E-state index contributed by atoms with van der Waals surface area (Å²) in [5.74, 6) is 0.447. The molecule has 0 heterocycles. The van der Waals surface area contributed by atoms with Crippen molar-refractivity contribution in [3.63, 3.8) is 0 Å². The highest BCUT2D eigenvalue weighted by Crippen LogP contribution is 2.29. The van der Waals surface area contributed by atoms with Crippen LogP contribution in [0, 0.1) is 0 Å². The van der Waals surface area contributed by atoms with Crippen molar-refractivity contribution in [2.24, 2.45) is 0 Å². The first kappa shape index (κ1) is 23.4. The van der Waals surface area contributed by atoms with Gasteiger partial charge in [0.25, 0.3) is 0 Å². The number of para-hydroxylation sites is 1. The normalized spacial score (nSPS) is 13.8. The number of carbonyl (C=O) groups excluding carboxylic acids is 2. The maximum Gasteiger partial charge on any atom is 0.244 e. The van der Waals surface area contributed by atoms with Crippen LogP contribution in [-0.2, 0) is 16.0 Å². The van der Waals surface area contributed by atoms with Crippen molar-refractivity contribution >= 4 is 40.7 Å². The van der Waals surface area contributed by atoms with Gasteiger partial charge in [0.2, 0.25) is 11.8 Å². The third-order valence-electron chi connectivity index (χ3n) is 5.43. The van der Waals surface area contributed by atoms with Gasteiger partial charge in [-0.25, -0.2) is 0 Å². The van der Waals surface area contributed by atoms with E-state index in [-0.39, 0.29) is 18.4 Å². The largest absolute Gasteiger partial charge is 0.490 e. The van der Waals surface area contributed by atoms with Crippen molar-refractivity contribution in [1.29, 1.82) is 0 Å². The summed E-state index contributed by atoms with van der Waals surface area (Å²) in [6.07, 6.45) is 5.88. The zero-order valence-corrected chi connectivity index (χ0v) is 19.2. The van der Waals surface area contributed by atoms with Crippen LogP contribution in [0.1, 0.15) is 44.6 Å². The number of halogens is 2. The first-order valence-corrected chi connectivity index (χ1v) is 11.5. The second-order valence-electron chi connectivity index (χ2n) is 7.72. The molecule has 166 valence electrons. The Balaban J connectivity index is 1.52. The second-order valence-corrected chi connectivity index (χ2v) is 8.54. The fraction of sp³-hybridized carbons (Fsp3) is 0.417. The summed E-state index contributed by atoms with van der Waals surface area (Å²) in [5, 5.41) is 3.41. The molecule has 1 saturated carbocycles. The van der Waals surface area contributed by atoms with E-state index >= 15 is 0 Å². The summed E-state index contributed by atoms with van der Waals surface area (Å²) in [7, 11) is 0. The molecule has 0 radical (unpaired) electrons. The SMILES string of the molecule is CCN(CC(=O)Nc1c(Cl)cccc1Cl)C(=O)CCc1cccc(OC2CCCC2)c1. The smallest absolute Gasteiger partial charge is 0.244 e. The number of anilines is 1. The van der Waals surface area contributed by atoms with E-state index in [0.29, 0.717) is 41.2 Å². The molecule has 31 heavy (non-hydrogen) atoms. The van der Waals surface area contributed by atoms with E-state index in [1.807, 2.05) is 31.2 Å². The third kappa shape index (κ3) is 6.88. The summed E-state index contributed by atoms with van der Waals surface area (Å²) in [6, 6.07) is 12.9. The molecule has 1 N–H and O–H groups in total. The van der Waals surface area contributed by atoms with Crippen molar-refractivity contribution in [3.05, 3.63) is 58.1 Å². The second kappa shape index (κ2) is 11.4. The van der Waals surface area contributed by atoms with E-state index in [1.165, 1.54) is 17.7 Å². The number of amides is 2.